The predicted octanol–water partition coefficient (Wildman–Crippen LogP) is -0.471. The molecule has 0 saturated carbocycles. The third kappa shape index (κ3) is 8.69. The van der Waals surface area contributed by atoms with Gasteiger partial charge in [-0.15, -0.1) is 5.10 Å². The fraction of sp³-hybridized carbons (Fsp3) is 0.750. The molecule has 1 aromatic rings. The van der Waals surface area contributed by atoms with Crippen LogP contribution in [-0.4, -0.2) is 68.8 Å². The van der Waals surface area contributed by atoms with E-state index < -0.39 is 0 Å². The monoisotopic (exact) mass is 300 g/mol. The van der Waals surface area contributed by atoms with Crippen LogP contribution in [0.4, 0.5) is 0 Å². The number of carboxylic acid groups (broad SMARTS) is 1. The van der Waals surface area contributed by atoms with Gasteiger partial charge in [0, 0.05) is 18.5 Å². The van der Waals surface area contributed by atoms with E-state index in [1.54, 1.807) is 4.68 Å². The maximum atomic E-state index is 11.8. The lowest BCUT2D eigenvalue weighted by molar-refractivity contribution is -0.123. The number of aryl methyl sites for hydroxylation is 2. The van der Waals surface area contributed by atoms with E-state index in [2.05, 4.69) is 20.8 Å². The van der Waals surface area contributed by atoms with Gasteiger partial charge in [0.15, 0.2) is 0 Å². The molecular weight excluding hydrogens is 276 g/mol. The summed E-state index contributed by atoms with van der Waals surface area (Å²) in [7, 11) is 3.97. The number of tetrazole rings is 1. The minimum absolute atomic E-state index is 0.0109. The van der Waals surface area contributed by atoms with Crippen LogP contribution in [0.15, 0.2) is 0 Å². The molecule has 9 heteroatoms. The lowest BCUT2D eigenvalue weighted by atomic mass is 10.1. The van der Waals surface area contributed by atoms with Gasteiger partial charge in [0.25, 0.3) is 6.47 Å². The van der Waals surface area contributed by atoms with Crippen molar-refractivity contribution in [2.24, 2.45) is 0 Å². The minimum Gasteiger partial charge on any atom is -0.483 e. The van der Waals surface area contributed by atoms with Crippen LogP contribution < -0.4 is 5.32 Å². The van der Waals surface area contributed by atoms with E-state index in [4.69, 9.17) is 9.90 Å². The van der Waals surface area contributed by atoms with Gasteiger partial charge in [-0.25, -0.2) is 4.68 Å². The number of hydrogen-bond donors (Lipinski definition) is 2. The fourth-order valence-electron chi connectivity index (χ4n) is 1.93. The molecule has 0 bridgehead atoms. The molecule has 1 heterocycles. The van der Waals surface area contributed by atoms with Crippen LogP contribution in [0.1, 0.15) is 26.1 Å². The molecule has 0 aromatic carbocycles. The van der Waals surface area contributed by atoms with Crippen molar-refractivity contribution in [3.05, 3.63) is 5.82 Å². The highest BCUT2D eigenvalue weighted by Crippen LogP contribution is 2.04. The van der Waals surface area contributed by atoms with Gasteiger partial charge in [-0.05, 0) is 45.3 Å². The molecule has 0 atom stereocenters. The molecule has 1 amide bonds. The van der Waals surface area contributed by atoms with E-state index in [-0.39, 0.29) is 17.9 Å². The molecular formula is C12H24N6O3. The first kappa shape index (κ1) is 19.0. The summed E-state index contributed by atoms with van der Waals surface area (Å²) in [5, 5.41) is 21.0. The summed E-state index contributed by atoms with van der Waals surface area (Å²) in [5.41, 5.74) is -0.240. The van der Waals surface area contributed by atoms with E-state index >= 15 is 0 Å². The molecule has 1 aromatic heterocycles. The molecule has 0 aliphatic heterocycles. The van der Waals surface area contributed by atoms with Gasteiger partial charge in [0.2, 0.25) is 5.91 Å². The van der Waals surface area contributed by atoms with Crippen molar-refractivity contribution < 1.29 is 14.7 Å². The van der Waals surface area contributed by atoms with Crippen molar-refractivity contribution in [3.8, 4) is 0 Å². The molecule has 2 N–H and O–H groups in total. The summed E-state index contributed by atoms with van der Waals surface area (Å²) in [6, 6.07) is 0. The summed E-state index contributed by atoms with van der Waals surface area (Å²) >= 11 is 0. The zero-order valence-corrected chi connectivity index (χ0v) is 13.2. The maximum absolute atomic E-state index is 11.8. The lowest BCUT2D eigenvalue weighted by Gasteiger charge is -2.29. The van der Waals surface area contributed by atoms with Gasteiger partial charge < -0.3 is 15.3 Å². The van der Waals surface area contributed by atoms with Crippen molar-refractivity contribution in [2.45, 2.75) is 39.3 Å². The second-order valence-electron chi connectivity index (χ2n) is 5.47. The van der Waals surface area contributed by atoms with Crippen molar-refractivity contribution in [3.63, 3.8) is 0 Å². The molecule has 1 rings (SSSR count). The third-order valence-electron chi connectivity index (χ3n) is 2.45. The minimum atomic E-state index is -0.250. The van der Waals surface area contributed by atoms with Gasteiger partial charge in [0.05, 0.1) is 6.54 Å². The number of carbonyl (C=O) groups excluding carboxylic acids is 1. The molecule has 0 aliphatic rings. The van der Waals surface area contributed by atoms with Gasteiger partial charge in [-0.2, -0.15) is 0 Å². The average molecular weight is 300 g/mol. The molecule has 0 spiro atoms. The van der Waals surface area contributed by atoms with E-state index in [9.17, 15) is 4.79 Å². The zero-order chi connectivity index (χ0) is 16.5. The van der Waals surface area contributed by atoms with Gasteiger partial charge in [-0.3, -0.25) is 9.59 Å². The first-order valence-electron chi connectivity index (χ1n) is 6.48. The second-order valence-corrected chi connectivity index (χ2v) is 5.47. The molecule has 0 radical (unpaired) electrons. The Hall–Kier alpha value is -2.03. The maximum Gasteiger partial charge on any atom is 0.290 e. The Bertz CT molecular complexity index is 444. The second kappa shape index (κ2) is 9.01. The quantitative estimate of drug-likeness (QED) is 0.683. The van der Waals surface area contributed by atoms with Crippen LogP contribution in [0.2, 0.25) is 0 Å². The number of nitrogens with one attached hydrogen (secondary N) is 1. The highest BCUT2D eigenvalue weighted by atomic mass is 16.3. The van der Waals surface area contributed by atoms with Crippen molar-refractivity contribution in [1.29, 1.82) is 0 Å². The Morgan fingerprint density at radius 3 is 2.48 bits per heavy atom. The van der Waals surface area contributed by atoms with Crippen LogP contribution in [0.25, 0.3) is 0 Å². The van der Waals surface area contributed by atoms with Crippen LogP contribution >= 0.6 is 0 Å². The van der Waals surface area contributed by atoms with E-state index in [1.807, 2.05) is 39.8 Å². The van der Waals surface area contributed by atoms with Crippen LogP contribution in [0, 0.1) is 6.92 Å². The first-order chi connectivity index (χ1) is 9.71. The van der Waals surface area contributed by atoms with Crippen LogP contribution in [-0.2, 0) is 16.1 Å². The van der Waals surface area contributed by atoms with Crippen molar-refractivity contribution in [2.75, 3.05) is 20.6 Å². The topological polar surface area (TPSA) is 113 Å². The molecule has 0 fully saturated rings. The van der Waals surface area contributed by atoms with Gasteiger partial charge in [-0.1, -0.05) is 0 Å². The number of nitrogens with zero attached hydrogens (tertiary/aromatic N) is 5. The Kier molecular flexibility index (Phi) is 8.14. The summed E-state index contributed by atoms with van der Waals surface area (Å²) in [6.45, 7) is 6.87. The average Bonchev–Trinajstić information content (AvgIpc) is 2.70. The Labute approximate surface area is 124 Å². The third-order valence-corrected chi connectivity index (χ3v) is 2.45. The molecule has 120 valence electrons. The zero-order valence-electron chi connectivity index (χ0n) is 13.2. The van der Waals surface area contributed by atoms with Gasteiger partial charge >= 0.3 is 0 Å². The smallest absolute Gasteiger partial charge is 0.290 e. The largest absolute Gasteiger partial charge is 0.483 e. The van der Waals surface area contributed by atoms with E-state index in [0.717, 1.165) is 12.4 Å². The van der Waals surface area contributed by atoms with E-state index in [1.165, 1.54) is 0 Å². The highest BCUT2D eigenvalue weighted by molar-refractivity contribution is 5.76. The Balaban J connectivity index is 0.00000122. The number of hydrogen-bond acceptors (Lipinski definition) is 6. The number of carbonyl (C=O) groups is 2. The van der Waals surface area contributed by atoms with E-state index in [0.29, 0.717) is 13.0 Å². The SMILES string of the molecule is Cc1nnnn1CCC(=O)NC(C)(C)CN(C)C.O=CO. The molecule has 21 heavy (non-hydrogen) atoms. The van der Waals surface area contributed by atoms with Crippen molar-refractivity contribution in [1.82, 2.24) is 30.4 Å². The summed E-state index contributed by atoms with van der Waals surface area (Å²) < 4.78 is 1.62. The standard InChI is InChI=1S/C11H22N6O.CH2O2/c1-9-13-14-15-17(9)7-6-10(18)12-11(2,3)8-16(4)5;2-1-3/h6-8H2,1-5H3,(H,12,18);1H,(H,2,3). The predicted molar refractivity (Wildman–Crippen MR) is 76.6 cm³/mol. The number of rotatable bonds is 6. The highest BCUT2D eigenvalue weighted by Gasteiger charge is 2.21. The molecule has 0 saturated heterocycles. The normalized spacial score (nSPS) is 10.8. The summed E-state index contributed by atoms with van der Waals surface area (Å²) in [4.78, 5) is 22.2. The first-order valence-corrected chi connectivity index (χ1v) is 6.48. The lowest BCUT2D eigenvalue weighted by Crippen LogP contribution is -2.50. The number of likely N-dealkylation sites (N-methyl/N-ethyl adjacent to an activating group) is 1. The Morgan fingerprint density at radius 1 is 1.48 bits per heavy atom. The summed E-state index contributed by atoms with van der Waals surface area (Å²) in [5.74, 6) is 0.729. The molecule has 0 aliphatic carbocycles. The van der Waals surface area contributed by atoms with Crippen LogP contribution in [0.5, 0.6) is 0 Å². The summed E-state index contributed by atoms with van der Waals surface area (Å²) in [6.07, 6.45) is 0.378. The van der Waals surface area contributed by atoms with Gasteiger partial charge in [0.1, 0.15) is 5.82 Å². The fourth-order valence-corrected chi connectivity index (χ4v) is 1.93. The molecule has 9 nitrogen and oxygen atoms in total. The number of aromatic nitrogens is 4. The number of amides is 1. The Morgan fingerprint density at radius 2 is 2.05 bits per heavy atom. The molecule has 0 unspecified atom stereocenters. The van der Waals surface area contributed by atoms with Crippen LogP contribution in [0.3, 0.4) is 0 Å². The van der Waals surface area contributed by atoms with Crippen molar-refractivity contribution >= 4 is 12.4 Å².